The Hall–Kier alpha value is -1.23. The van der Waals surface area contributed by atoms with Gasteiger partial charge < -0.3 is 10.5 Å². The second-order valence-electron chi connectivity index (χ2n) is 3.54. The molecule has 16 heavy (non-hydrogen) atoms. The molecule has 0 saturated heterocycles. The molecule has 0 saturated carbocycles. The van der Waals surface area contributed by atoms with Crippen LogP contribution in [0.15, 0.2) is 12.1 Å². The minimum atomic E-state index is -2.71. The van der Waals surface area contributed by atoms with E-state index in [0.29, 0.717) is 5.56 Å². The van der Waals surface area contributed by atoms with E-state index in [2.05, 4.69) is 0 Å². The van der Waals surface area contributed by atoms with Gasteiger partial charge in [0.1, 0.15) is 11.6 Å². The van der Waals surface area contributed by atoms with Crippen LogP contribution in [-0.2, 0) is 0 Å². The third kappa shape index (κ3) is 2.47. The normalized spacial score (nSPS) is 12.9. The molecule has 1 unspecified atom stereocenters. The van der Waals surface area contributed by atoms with Gasteiger partial charge in [-0.2, -0.15) is 0 Å². The first-order valence-corrected chi connectivity index (χ1v) is 4.83. The van der Waals surface area contributed by atoms with Crippen molar-refractivity contribution in [3.8, 4) is 5.75 Å². The van der Waals surface area contributed by atoms with Crippen LogP contribution in [0.25, 0.3) is 0 Å². The standard InChI is InChI=1S/C11H14F3NO/c1-6-3-8(12)10(9(4-6)16-2)7(5-15)11(13)14/h3-4,7,11H,5,15H2,1-2H3. The number of hydrogen-bond donors (Lipinski definition) is 1. The first-order chi connectivity index (χ1) is 7.51. The van der Waals surface area contributed by atoms with Gasteiger partial charge in [-0.1, -0.05) is 0 Å². The van der Waals surface area contributed by atoms with Crippen molar-refractivity contribution in [2.45, 2.75) is 19.3 Å². The fraction of sp³-hybridized carbons (Fsp3) is 0.455. The molecule has 1 atom stereocenters. The summed E-state index contributed by atoms with van der Waals surface area (Å²) in [4.78, 5) is 0. The van der Waals surface area contributed by atoms with E-state index in [0.717, 1.165) is 0 Å². The van der Waals surface area contributed by atoms with Crippen molar-refractivity contribution in [1.82, 2.24) is 0 Å². The molecule has 0 aromatic heterocycles. The maximum absolute atomic E-state index is 13.6. The highest BCUT2D eigenvalue weighted by atomic mass is 19.3. The molecule has 0 fully saturated rings. The van der Waals surface area contributed by atoms with Crippen molar-refractivity contribution in [2.75, 3.05) is 13.7 Å². The number of aryl methyl sites for hydroxylation is 1. The summed E-state index contributed by atoms with van der Waals surface area (Å²) in [6.07, 6.45) is -2.71. The van der Waals surface area contributed by atoms with Crippen LogP contribution in [0, 0.1) is 12.7 Å². The zero-order valence-corrected chi connectivity index (χ0v) is 9.14. The van der Waals surface area contributed by atoms with E-state index in [9.17, 15) is 13.2 Å². The van der Waals surface area contributed by atoms with E-state index in [4.69, 9.17) is 10.5 Å². The third-order valence-corrected chi connectivity index (χ3v) is 2.38. The molecule has 0 spiro atoms. The summed E-state index contributed by atoms with van der Waals surface area (Å²) in [6.45, 7) is 1.34. The van der Waals surface area contributed by atoms with Gasteiger partial charge in [0.2, 0.25) is 6.43 Å². The fourth-order valence-corrected chi connectivity index (χ4v) is 1.60. The first-order valence-electron chi connectivity index (χ1n) is 4.83. The Balaban J connectivity index is 3.29. The van der Waals surface area contributed by atoms with Gasteiger partial charge in [0, 0.05) is 12.1 Å². The van der Waals surface area contributed by atoms with Crippen LogP contribution in [0.2, 0.25) is 0 Å². The minimum absolute atomic E-state index is 0.119. The third-order valence-electron chi connectivity index (χ3n) is 2.38. The average Bonchev–Trinajstić information content (AvgIpc) is 2.21. The van der Waals surface area contributed by atoms with Gasteiger partial charge in [-0.15, -0.1) is 0 Å². The molecule has 1 aromatic rings. The molecule has 0 radical (unpaired) electrons. The molecule has 2 N–H and O–H groups in total. The fourth-order valence-electron chi connectivity index (χ4n) is 1.60. The van der Waals surface area contributed by atoms with Gasteiger partial charge in [0.15, 0.2) is 0 Å². The first kappa shape index (κ1) is 12.8. The van der Waals surface area contributed by atoms with Crippen LogP contribution in [0.4, 0.5) is 13.2 Å². The van der Waals surface area contributed by atoms with Gasteiger partial charge in [-0.3, -0.25) is 0 Å². The van der Waals surface area contributed by atoms with E-state index in [1.807, 2.05) is 0 Å². The number of halogens is 3. The second kappa shape index (κ2) is 5.21. The Kier molecular flexibility index (Phi) is 4.18. The molecule has 0 aliphatic rings. The molecule has 2 nitrogen and oxygen atoms in total. The Morgan fingerprint density at radius 1 is 1.38 bits per heavy atom. The zero-order valence-electron chi connectivity index (χ0n) is 9.14. The van der Waals surface area contributed by atoms with E-state index < -0.39 is 18.2 Å². The summed E-state index contributed by atoms with van der Waals surface area (Å²) < 4.78 is 43.9. The highest BCUT2D eigenvalue weighted by Gasteiger charge is 2.27. The van der Waals surface area contributed by atoms with Crippen LogP contribution in [0.5, 0.6) is 5.75 Å². The van der Waals surface area contributed by atoms with Crippen molar-refractivity contribution >= 4 is 0 Å². The molecule has 1 aromatic carbocycles. The van der Waals surface area contributed by atoms with Crippen LogP contribution in [-0.4, -0.2) is 20.1 Å². The molecular formula is C11H14F3NO. The molecule has 0 aliphatic heterocycles. The van der Waals surface area contributed by atoms with E-state index in [-0.39, 0.29) is 17.9 Å². The Morgan fingerprint density at radius 2 is 2.00 bits per heavy atom. The predicted molar refractivity (Wildman–Crippen MR) is 55.5 cm³/mol. The molecular weight excluding hydrogens is 219 g/mol. The summed E-state index contributed by atoms with van der Waals surface area (Å²) in [7, 11) is 1.32. The molecule has 5 heteroatoms. The van der Waals surface area contributed by atoms with Gasteiger partial charge >= 0.3 is 0 Å². The highest BCUT2D eigenvalue weighted by Crippen LogP contribution is 2.33. The highest BCUT2D eigenvalue weighted by molar-refractivity contribution is 5.41. The lowest BCUT2D eigenvalue weighted by Gasteiger charge is -2.18. The van der Waals surface area contributed by atoms with Gasteiger partial charge in [-0.25, -0.2) is 13.2 Å². The molecule has 1 rings (SSSR count). The topological polar surface area (TPSA) is 35.2 Å². The van der Waals surface area contributed by atoms with Crippen molar-refractivity contribution in [1.29, 1.82) is 0 Å². The van der Waals surface area contributed by atoms with Crippen molar-refractivity contribution in [3.05, 3.63) is 29.1 Å². The molecule has 0 bridgehead atoms. The minimum Gasteiger partial charge on any atom is -0.496 e. The van der Waals surface area contributed by atoms with Crippen molar-refractivity contribution < 1.29 is 17.9 Å². The smallest absolute Gasteiger partial charge is 0.246 e. The number of nitrogens with two attached hydrogens (primary N) is 1. The van der Waals surface area contributed by atoms with Gasteiger partial charge in [0.05, 0.1) is 13.0 Å². The maximum Gasteiger partial charge on any atom is 0.246 e. The summed E-state index contributed by atoms with van der Waals surface area (Å²) in [5.41, 5.74) is 5.70. The number of methoxy groups -OCH3 is 1. The Bertz CT molecular complexity index is 368. The number of hydrogen-bond acceptors (Lipinski definition) is 2. The van der Waals surface area contributed by atoms with Crippen LogP contribution in [0.1, 0.15) is 17.0 Å². The monoisotopic (exact) mass is 233 g/mol. The lowest BCUT2D eigenvalue weighted by atomic mass is 9.96. The van der Waals surface area contributed by atoms with Crippen LogP contribution < -0.4 is 10.5 Å². The average molecular weight is 233 g/mol. The summed E-state index contributed by atoms with van der Waals surface area (Å²) in [6, 6.07) is 2.71. The number of alkyl halides is 2. The van der Waals surface area contributed by atoms with Gasteiger partial charge in [-0.05, 0) is 24.6 Å². The SMILES string of the molecule is COc1cc(C)cc(F)c1C(CN)C(F)F. The maximum atomic E-state index is 13.6. The molecule has 0 heterocycles. The number of benzene rings is 1. The summed E-state index contributed by atoms with van der Waals surface area (Å²) in [5, 5.41) is 0. The summed E-state index contributed by atoms with van der Waals surface area (Å²) >= 11 is 0. The Labute approximate surface area is 92.2 Å². The molecule has 90 valence electrons. The number of ether oxygens (including phenoxy) is 1. The zero-order chi connectivity index (χ0) is 12.3. The Morgan fingerprint density at radius 3 is 2.44 bits per heavy atom. The quantitative estimate of drug-likeness (QED) is 0.867. The van der Waals surface area contributed by atoms with Crippen LogP contribution >= 0.6 is 0 Å². The number of rotatable bonds is 4. The molecule has 0 aliphatic carbocycles. The van der Waals surface area contributed by atoms with E-state index in [1.165, 1.54) is 19.2 Å². The van der Waals surface area contributed by atoms with Crippen molar-refractivity contribution in [3.63, 3.8) is 0 Å². The van der Waals surface area contributed by atoms with E-state index in [1.54, 1.807) is 6.92 Å². The van der Waals surface area contributed by atoms with Crippen LogP contribution in [0.3, 0.4) is 0 Å². The summed E-state index contributed by atoms with van der Waals surface area (Å²) in [5.74, 6) is -1.92. The van der Waals surface area contributed by atoms with Crippen molar-refractivity contribution in [2.24, 2.45) is 5.73 Å². The lowest BCUT2D eigenvalue weighted by molar-refractivity contribution is 0.114. The molecule has 0 amide bonds. The second-order valence-corrected chi connectivity index (χ2v) is 3.54. The van der Waals surface area contributed by atoms with E-state index >= 15 is 0 Å². The van der Waals surface area contributed by atoms with Gasteiger partial charge in [0.25, 0.3) is 0 Å². The largest absolute Gasteiger partial charge is 0.496 e. The predicted octanol–water partition coefficient (Wildman–Crippen LogP) is 2.45. The lowest BCUT2D eigenvalue weighted by Crippen LogP contribution is -2.21.